The molecule has 2 aromatic rings. The summed E-state index contributed by atoms with van der Waals surface area (Å²) in [5.41, 5.74) is 3.99. The van der Waals surface area contributed by atoms with Crippen molar-refractivity contribution in [1.29, 1.82) is 0 Å². The summed E-state index contributed by atoms with van der Waals surface area (Å²) in [7, 11) is 1.79. The van der Waals surface area contributed by atoms with E-state index in [2.05, 4.69) is 26.9 Å². The van der Waals surface area contributed by atoms with Crippen molar-refractivity contribution in [2.45, 2.75) is 37.9 Å². The maximum Gasteiger partial charge on any atom is 0.244 e. The van der Waals surface area contributed by atoms with Crippen molar-refractivity contribution >= 4 is 17.5 Å². The number of para-hydroxylation sites is 1. The van der Waals surface area contributed by atoms with Crippen molar-refractivity contribution in [1.82, 2.24) is 20.8 Å². The first-order valence-corrected chi connectivity index (χ1v) is 8.56. The molecule has 0 bridgehead atoms. The van der Waals surface area contributed by atoms with Crippen molar-refractivity contribution < 1.29 is 9.59 Å². The maximum absolute atomic E-state index is 13.0. The van der Waals surface area contributed by atoms with Gasteiger partial charge < -0.3 is 10.6 Å². The lowest BCUT2D eigenvalue weighted by Crippen LogP contribution is -2.53. The van der Waals surface area contributed by atoms with E-state index in [1.165, 1.54) is 0 Å². The predicted octanol–water partition coefficient (Wildman–Crippen LogP) is 0.518. The van der Waals surface area contributed by atoms with Crippen LogP contribution in [-0.2, 0) is 29.0 Å². The van der Waals surface area contributed by atoms with Gasteiger partial charge in [-0.2, -0.15) is 5.10 Å². The van der Waals surface area contributed by atoms with Crippen LogP contribution in [0.5, 0.6) is 0 Å². The van der Waals surface area contributed by atoms with Crippen molar-refractivity contribution in [2.24, 2.45) is 0 Å². The number of hydrogen-bond donors (Lipinski definition) is 3. The minimum absolute atomic E-state index is 0.0205. The second-order valence-electron chi connectivity index (χ2n) is 6.53. The topological polar surface area (TPSA) is 90.1 Å². The molecule has 2 atom stereocenters. The number of carbonyl (C=O) groups excluding carboxylic acids is 2. The van der Waals surface area contributed by atoms with E-state index in [0.29, 0.717) is 13.0 Å². The lowest BCUT2D eigenvalue weighted by Gasteiger charge is -2.27. The maximum atomic E-state index is 13.0. The molecule has 0 aliphatic carbocycles. The van der Waals surface area contributed by atoms with Crippen molar-refractivity contribution in [2.75, 3.05) is 11.9 Å². The number of benzene rings is 1. The monoisotopic (exact) mass is 339 g/mol. The lowest BCUT2D eigenvalue weighted by atomic mass is 10.0. The molecule has 1 aromatic heterocycles. The Hall–Kier alpha value is -2.67. The molecule has 2 aliphatic heterocycles. The van der Waals surface area contributed by atoms with Crippen LogP contribution in [-0.4, -0.2) is 41.1 Å². The Balaban J connectivity index is 1.62. The van der Waals surface area contributed by atoms with Gasteiger partial charge in [-0.05, 0) is 37.1 Å². The number of hydrogen-bond acceptors (Lipinski definition) is 4. The Bertz CT molecular complexity index is 802. The number of carbonyl (C=O) groups is 2. The van der Waals surface area contributed by atoms with E-state index in [1.54, 1.807) is 18.1 Å². The summed E-state index contributed by atoms with van der Waals surface area (Å²) in [6.45, 7) is 0.371. The first kappa shape index (κ1) is 15.8. The molecule has 0 saturated heterocycles. The number of aryl methyl sites for hydroxylation is 1. The molecule has 25 heavy (non-hydrogen) atoms. The fraction of sp³-hybridized carbons (Fsp3) is 0.389. The lowest BCUT2D eigenvalue weighted by molar-refractivity contribution is -0.127. The average Bonchev–Trinajstić information content (AvgIpc) is 3.24. The molecular weight excluding hydrogens is 318 g/mol. The molecule has 0 saturated carbocycles. The summed E-state index contributed by atoms with van der Waals surface area (Å²) >= 11 is 0. The number of amides is 2. The van der Waals surface area contributed by atoms with Crippen molar-refractivity contribution in [3.05, 3.63) is 47.3 Å². The van der Waals surface area contributed by atoms with Crippen molar-refractivity contribution in [3.8, 4) is 0 Å². The zero-order chi connectivity index (χ0) is 17.4. The Kier molecular flexibility index (Phi) is 4.01. The van der Waals surface area contributed by atoms with Gasteiger partial charge in [-0.15, -0.1) is 0 Å². The normalized spacial score (nSPS) is 21.8. The zero-order valence-corrected chi connectivity index (χ0v) is 14.1. The summed E-state index contributed by atoms with van der Waals surface area (Å²) in [5, 5.41) is 12.7. The summed E-state index contributed by atoms with van der Waals surface area (Å²) in [6, 6.07) is 7.14. The smallest absolute Gasteiger partial charge is 0.244 e. The van der Waals surface area contributed by atoms with Gasteiger partial charge in [0.25, 0.3) is 0 Å². The number of H-pyrrole nitrogens is 1. The third kappa shape index (κ3) is 2.70. The summed E-state index contributed by atoms with van der Waals surface area (Å²) in [4.78, 5) is 27.5. The molecule has 7 heteroatoms. The largest absolute Gasteiger partial charge is 0.349 e. The van der Waals surface area contributed by atoms with Crippen LogP contribution in [0, 0.1) is 0 Å². The zero-order valence-electron chi connectivity index (χ0n) is 14.1. The first-order valence-electron chi connectivity index (χ1n) is 8.56. The number of nitrogens with one attached hydrogen (secondary N) is 3. The number of rotatable bonds is 4. The minimum Gasteiger partial charge on any atom is -0.349 e. The molecule has 0 spiro atoms. The standard InChI is InChI=1S/C18H21N5O2/c1-19-14-6-5-11-3-2-4-12-9-15(23(16(11)12)18(14)25)17(24)20-10-13-7-8-21-22-13/h2-4,7-8,14-15,19H,5-6,9-10H2,1H3,(H,20,24)(H,21,22). The van der Waals surface area contributed by atoms with E-state index >= 15 is 0 Å². The third-order valence-corrected chi connectivity index (χ3v) is 5.07. The van der Waals surface area contributed by atoms with Crippen LogP contribution in [0.15, 0.2) is 30.5 Å². The number of likely N-dealkylation sites (N-methyl/N-ethyl adjacent to an activating group) is 1. The third-order valence-electron chi connectivity index (χ3n) is 5.07. The second kappa shape index (κ2) is 6.33. The molecule has 130 valence electrons. The quantitative estimate of drug-likeness (QED) is 0.757. The van der Waals surface area contributed by atoms with Gasteiger partial charge in [-0.1, -0.05) is 18.2 Å². The highest BCUT2D eigenvalue weighted by Gasteiger charge is 2.43. The van der Waals surface area contributed by atoms with E-state index in [-0.39, 0.29) is 17.9 Å². The highest BCUT2D eigenvalue weighted by atomic mass is 16.2. The Morgan fingerprint density at radius 3 is 2.96 bits per heavy atom. The Morgan fingerprint density at radius 2 is 2.20 bits per heavy atom. The molecule has 0 fully saturated rings. The molecule has 2 amide bonds. The number of aromatic nitrogens is 2. The van der Waals surface area contributed by atoms with Gasteiger partial charge in [0.05, 0.1) is 24.0 Å². The van der Waals surface area contributed by atoms with E-state index < -0.39 is 6.04 Å². The van der Waals surface area contributed by atoms with Gasteiger partial charge in [0.2, 0.25) is 11.8 Å². The van der Waals surface area contributed by atoms with Crippen LogP contribution >= 0.6 is 0 Å². The van der Waals surface area contributed by atoms with Crippen LogP contribution < -0.4 is 15.5 Å². The van der Waals surface area contributed by atoms with Gasteiger partial charge in [0.15, 0.2) is 0 Å². The first-order chi connectivity index (χ1) is 12.2. The van der Waals surface area contributed by atoms with Gasteiger partial charge in [0.1, 0.15) is 6.04 Å². The SMILES string of the molecule is CNC1CCc2cccc3c2N(C1=O)C(C(=O)NCc1ccn[nH]1)C3. The van der Waals surface area contributed by atoms with E-state index in [4.69, 9.17) is 0 Å². The van der Waals surface area contributed by atoms with Crippen LogP contribution in [0.1, 0.15) is 23.2 Å². The van der Waals surface area contributed by atoms with E-state index in [0.717, 1.165) is 35.3 Å². The Labute approximate surface area is 145 Å². The molecule has 1 aromatic carbocycles. The van der Waals surface area contributed by atoms with Crippen LogP contribution in [0.4, 0.5) is 5.69 Å². The van der Waals surface area contributed by atoms with Gasteiger partial charge in [0, 0.05) is 12.6 Å². The highest BCUT2D eigenvalue weighted by Crippen LogP contribution is 2.38. The molecule has 7 nitrogen and oxygen atoms in total. The van der Waals surface area contributed by atoms with Gasteiger partial charge >= 0.3 is 0 Å². The van der Waals surface area contributed by atoms with Gasteiger partial charge in [-0.25, -0.2) is 0 Å². The molecule has 3 N–H and O–H groups in total. The highest BCUT2D eigenvalue weighted by molar-refractivity contribution is 6.06. The molecule has 2 unspecified atom stereocenters. The minimum atomic E-state index is -0.500. The fourth-order valence-corrected chi connectivity index (χ4v) is 3.79. The molecule has 3 heterocycles. The molecule has 2 aliphatic rings. The summed E-state index contributed by atoms with van der Waals surface area (Å²) in [5.74, 6) is -0.158. The number of nitrogens with zero attached hydrogens (tertiary/aromatic N) is 2. The van der Waals surface area contributed by atoms with Crippen LogP contribution in [0.2, 0.25) is 0 Å². The number of anilines is 1. The van der Waals surface area contributed by atoms with Gasteiger partial charge in [-0.3, -0.25) is 19.6 Å². The molecule has 4 rings (SSSR count). The Morgan fingerprint density at radius 1 is 1.36 bits per heavy atom. The predicted molar refractivity (Wildman–Crippen MR) is 93.0 cm³/mol. The fourth-order valence-electron chi connectivity index (χ4n) is 3.79. The van der Waals surface area contributed by atoms with Crippen molar-refractivity contribution in [3.63, 3.8) is 0 Å². The van der Waals surface area contributed by atoms with E-state index in [1.807, 2.05) is 18.2 Å². The average molecular weight is 339 g/mol. The summed E-state index contributed by atoms with van der Waals surface area (Å²) in [6.07, 6.45) is 3.78. The van der Waals surface area contributed by atoms with E-state index in [9.17, 15) is 9.59 Å². The second-order valence-corrected chi connectivity index (χ2v) is 6.53. The van der Waals surface area contributed by atoms with Crippen LogP contribution in [0.25, 0.3) is 0 Å². The summed E-state index contributed by atoms with van der Waals surface area (Å²) < 4.78 is 0. The van der Waals surface area contributed by atoms with Crippen LogP contribution in [0.3, 0.4) is 0 Å². The molecule has 0 radical (unpaired) electrons. The number of aromatic amines is 1. The molecular formula is C18H21N5O2.